The lowest BCUT2D eigenvalue weighted by atomic mass is 10.2. The van der Waals surface area contributed by atoms with Crippen LogP contribution in [0.2, 0.25) is 5.02 Å². The minimum atomic E-state index is -0.541. The zero-order valence-corrected chi connectivity index (χ0v) is 12.9. The number of amides is 1. The van der Waals surface area contributed by atoms with Crippen LogP contribution in [-0.4, -0.2) is 21.6 Å². The van der Waals surface area contributed by atoms with E-state index in [1.54, 1.807) is 12.1 Å². The van der Waals surface area contributed by atoms with E-state index in [1.807, 2.05) is 12.1 Å². The minimum Gasteiger partial charge on any atom is -0.310 e. The molecular formula is C14H12ClN3O3S. The van der Waals surface area contributed by atoms with Crippen molar-refractivity contribution in [1.82, 2.24) is 4.98 Å². The Morgan fingerprint density at radius 3 is 2.59 bits per heavy atom. The van der Waals surface area contributed by atoms with Gasteiger partial charge in [0.05, 0.1) is 10.7 Å². The molecule has 22 heavy (non-hydrogen) atoms. The molecule has 1 heterocycles. The molecule has 0 saturated carbocycles. The highest BCUT2D eigenvalue weighted by Gasteiger charge is 2.08. The molecule has 1 aromatic heterocycles. The number of halogens is 1. The van der Waals surface area contributed by atoms with E-state index >= 15 is 0 Å². The molecule has 2 rings (SSSR count). The number of pyridine rings is 1. The summed E-state index contributed by atoms with van der Waals surface area (Å²) in [5, 5.41) is 13.8. The number of hydrogen-bond donors (Lipinski definition) is 1. The molecule has 0 atom stereocenters. The zero-order chi connectivity index (χ0) is 15.9. The van der Waals surface area contributed by atoms with Gasteiger partial charge in [-0.1, -0.05) is 23.7 Å². The SMILES string of the molecule is O=C(CSCc1ccc(Cl)cc1)Nc1ccc([N+](=O)[O-])cn1. The van der Waals surface area contributed by atoms with E-state index in [-0.39, 0.29) is 17.3 Å². The van der Waals surface area contributed by atoms with Crippen LogP contribution in [0.5, 0.6) is 0 Å². The second-order valence-electron chi connectivity index (χ2n) is 4.33. The number of carbonyl (C=O) groups excluding carboxylic acids is 1. The van der Waals surface area contributed by atoms with Crippen LogP contribution in [0.4, 0.5) is 11.5 Å². The Balaban J connectivity index is 1.77. The number of nitro groups is 1. The van der Waals surface area contributed by atoms with E-state index < -0.39 is 4.92 Å². The van der Waals surface area contributed by atoms with Crippen LogP contribution in [0.1, 0.15) is 5.56 Å². The Hall–Kier alpha value is -2.12. The van der Waals surface area contributed by atoms with Crippen molar-refractivity contribution in [3.05, 3.63) is 63.3 Å². The first-order valence-corrected chi connectivity index (χ1v) is 7.80. The van der Waals surface area contributed by atoms with Gasteiger partial charge < -0.3 is 5.32 Å². The van der Waals surface area contributed by atoms with Gasteiger partial charge in [-0.05, 0) is 23.8 Å². The van der Waals surface area contributed by atoms with Gasteiger partial charge in [0.1, 0.15) is 12.0 Å². The minimum absolute atomic E-state index is 0.116. The Morgan fingerprint density at radius 1 is 1.27 bits per heavy atom. The maximum Gasteiger partial charge on any atom is 0.287 e. The van der Waals surface area contributed by atoms with Gasteiger partial charge in [0, 0.05) is 16.8 Å². The molecule has 0 aliphatic carbocycles. The molecule has 0 saturated heterocycles. The van der Waals surface area contributed by atoms with Crippen molar-refractivity contribution in [2.75, 3.05) is 11.1 Å². The molecule has 114 valence electrons. The maximum atomic E-state index is 11.7. The summed E-state index contributed by atoms with van der Waals surface area (Å²) in [4.78, 5) is 25.5. The maximum absolute atomic E-state index is 11.7. The van der Waals surface area contributed by atoms with Crippen molar-refractivity contribution >= 4 is 40.8 Å². The summed E-state index contributed by atoms with van der Waals surface area (Å²) in [7, 11) is 0. The molecule has 6 nitrogen and oxygen atoms in total. The van der Waals surface area contributed by atoms with Gasteiger partial charge in [0.15, 0.2) is 0 Å². The molecule has 1 N–H and O–H groups in total. The summed E-state index contributed by atoms with van der Waals surface area (Å²) in [6, 6.07) is 10.1. The van der Waals surface area contributed by atoms with Crippen molar-refractivity contribution in [1.29, 1.82) is 0 Å². The van der Waals surface area contributed by atoms with E-state index in [1.165, 1.54) is 23.9 Å². The average Bonchev–Trinajstić information content (AvgIpc) is 2.50. The van der Waals surface area contributed by atoms with Crippen molar-refractivity contribution in [2.45, 2.75) is 5.75 Å². The summed E-state index contributed by atoms with van der Waals surface area (Å²) in [6.45, 7) is 0. The van der Waals surface area contributed by atoms with Crippen LogP contribution >= 0.6 is 23.4 Å². The summed E-state index contributed by atoms with van der Waals surface area (Å²) in [6.07, 6.45) is 1.11. The number of carbonyl (C=O) groups is 1. The highest BCUT2D eigenvalue weighted by atomic mass is 35.5. The van der Waals surface area contributed by atoms with Crippen molar-refractivity contribution < 1.29 is 9.72 Å². The second-order valence-corrected chi connectivity index (χ2v) is 5.75. The topological polar surface area (TPSA) is 85.1 Å². The molecule has 0 fully saturated rings. The summed E-state index contributed by atoms with van der Waals surface area (Å²) in [5.74, 6) is 1.04. The average molecular weight is 338 g/mol. The molecule has 0 aliphatic rings. The van der Waals surface area contributed by atoms with Gasteiger partial charge in [-0.25, -0.2) is 4.98 Å². The lowest BCUT2D eigenvalue weighted by molar-refractivity contribution is -0.385. The highest BCUT2D eigenvalue weighted by molar-refractivity contribution is 7.99. The highest BCUT2D eigenvalue weighted by Crippen LogP contribution is 2.16. The van der Waals surface area contributed by atoms with Gasteiger partial charge in [-0.3, -0.25) is 14.9 Å². The van der Waals surface area contributed by atoms with Crippen molar-refractivity contribution in [2.24, 2.45) is 0 Å². The van der Waals surface area contributed by atoms with Crippen LogP contribution < -0.4 is 5.32 Å². The summed E-state index contributed by atoms with van der Waals surface area (Å²) >= 11 is 7.25. The molecule has 0 unspecified atom stereocenters. The summed E-state index contributed by atoms with van der Waals surface area (Å²) < 4.78 is 0. The normalized spacial score (nSPS) is 10.2. The fraction of sp³-hybridized carbons (Fsp3) is 0.143. The molecule has 8 heteroatoms. The molecule has 0 radical (unpaired) electrons. The molecule has 1 amide bonds. The zero-order valence-electron chi connectivity index (χ0n) is 11.4. The standard InChI is InChI=1S/C14H12ClN3O3S/c15-11-3-1-10(2-4-11)8-22-9-14(19)17-13-6-5-12(7-16-13)18(20)21/h1-7H,8-9H2,(H,16,17,19). The number of hydrogen-bond acceptors (Lipinski definition) is 5. The van der Waals surface area contributed by atoms with Crippen LogP contribution in [0, 0.1) is 10.1 Å². The number of anilines is 1. The predicted molar refractivity (Wildman–Crippen MR) is 87.1 cm³/mol. The molecular weight excluding hydrogens is 326 g/mol. The fourth-order valence-electron chi connectivity index (χ4n) is 1.59. The van der Waals surface area contributed by atoms with Gasteiger partial charge in [-0.2, -0.15) is 0 Å². The Kier molecular flexibility index (Phi) is 5.74. The van der Waals surface area contributed by atoms with Gasteiger partial charge in [0.2, 0.25) is 5.91 Å². The molecule has 1 aromatic carbocycles. The largest absolute Gasteiger partial charge is 0.310 e. The van der Waals surface area contributed by atoms with Crippen LogP contribution in [0.15, 0.2) is 42.6 Å². The lowest BCUT2D eigenvalue weighted by Gasteiger charge is -2.04. The van der Waals surface area contributed by atoms with E-state index in [4.69, 9.17) is 11.6 Å². The van der Waals surface area contributed by atoms with E-state index in [9.17, 15) is 14.9 Å². The van der Waals surface area contributed by atoms with Gasteiger partial charge in [0.25, 0.3) is 5.69 Å². The first-order valence-electron chi connectivity index (χ1n) is 6.27. The number of nitrogens with one attached hydrogen (secondary N) is 1. The third kappa shape index (κ3) is 5.01. The van der Waals surface area contributed by atoms with E-state index in [0.29, 0.717) is 16.6 Å². The number of rotatable bonds is 6. The Labute approximate surface area is 136 Å². The Morgan fingerprint density at radius 2 is 2.00 bits per heavy atom. The summed E-state index contributed by atoms with van der Waals surface area (Å²) in [5.41, 5.74) is 0.964. The van der Waals surface area contributed by atoms with Crippen LogP contribution in [-0.2, 0) is 10.5 Å². The number of benzene rings is 1. The Bertz CT molecular complexity index is 662. The fourth-order valence-corrected chi connectivity index (χ4v) is 2.50. The smallest absolute Gasteiger partial charge is 0.287 e. The quantitative estimate of drug-likeness (QED) is 0.644. The number of aromatic nitrogens is 1. The number of nitrogens with zero attached hydrogens (tertiary/aromatic N) is 2. The first kappa shape index (κ1) is 16.3. The van der Waals surface area contributed by atoms with Crippen LogP contribution in [0.3, 0.4) is 0 Å². The van der Waals surface area contributed by atoms with Crippen molar-refractivity contribution in [3.63, 3.8) is 0 Å². The first-order chi connectivity index (χ1) is 10.5. The van der Waals surface area contributed by atoms with E-state index in [2.05, 4.69) is 10.3 Å². The molecule has 2 aromatic rings. The number of thioether (sulfide) groups is 1. The van der Waals surface area contributed by atoms with Crippen LogP contribution in [0.25, 0.3) is 0 Å². The predicted octanol–water partition coefficient (Wildman–Crippen LogP) is 3.52. The van der Waals surface area contributed by atoms with E-state index in [0.717, 1.165) is 11.8 Å². The monoisotopic (exact) mass is 337 g/mol. The third-order valence-corrected chi connectivity index (χ3v) is 3.90. The van der Waals surface area contributed by atoms with Gasteiger partial charge >= 0.3 is 0 Å². The molecule has 0 aliphatic heterocycles. The molecule has 0 bridgehead atoms. The lowest BCUT2D eigenvalue weighted by Crippen LogP contribution is -2.15. The van der Waals surface area contributed by atoms with Gasteiger partial charge in [-0.15, -0.1) is 11.8 Å². The molecule has 0 spiro atoms. The van der Waals surface area contributed by atoms with Crippen molar-refractivity contribution in [3.8, 4) is 0 Å². The third-order valence-electron chi connectivity index (χ3n) is 2.64. The second kappa shape index (κ2) is 7.77.